The molecule has 8 nitrogen and oxygen atoms in total. The molecule has 8 heteroatoms. The number of carbonyl (C=O) groups is 2. The Bertz CT molecular complexity index is 1320. The number of hydrogen-bond acceptors (Lipinski definition) is 6. The third kappa shape index (κ3) is 6.87. The first-order valence-electron chi connectivity index (χ1n) is 11.1. The van der Waals surface area contributed by atoms with Crippen LogP contribution in [-0.4, -0.2) is 32.6 Å². The fourth-order valence-corrected chi connectivity index (χ4v) is 3.37. The van der Waals surface area contributed by atoms with Gasteiger partial charge in [0.25, 0.3) is 11.8 Å². The van der Waals surface area contributed by atoms with Gasteiger partial charge >= 0.3 is 0 Å². The lowest BCUT2D eigenvalue weighted by atomic mass is 10.1. The van der Waals surface area contributed by atoms with Gasteiger partial charge in [0, 0.05) is 11.4 Å². The molecular weight excluding hydrogens is 458 g/mol. The SMILES string of the molecule is COc1ccc(NC(=O)COc2ccc(C=C(C#N)C(=O)Nc3ccc(C)cc3C)cc2OC)cc1. The third-order valence-electron chi connectivity index (χ3n) is 5.23. The smallest absolute Gasteiger partial charge is 0.266 e. The van der Waals surface area contributed by atoms with Gasteiger partial charge in [-0.2, -0.15) is 5.26 Å². The Morgan fingerprint density at radius 1 is 0.917 bits per heavy atom. The summed E-state index contributed by atoms with van der Waals surface area (Å²) >= 11 is 0. The van der Waals surface area contributed by atoms with Crippen LogP contribution in [0.2, 0.25) is 0 Å². The van der Waals surface area contributed by atoms with E-state index < -0.39 is 5.91 Å². The van der Waals surface area contributed by atoms with Crippen molar-refractivity contribution >= 4 is 29.3 Å². The molecule has 0 aliphatic carbocycles. The maximum absolute atomic E-state index is 12.7. The highest BCUT2D eigenvalue weighted by Gasteiger charge is 2.13. The normalized spacial score (nSPS) is 10.7. The Balaban J connectivity index is 1.67. The zero-order chi connectivity index (χ0) is 26.1. The zero-order valence-corrected chi connectivity index (χ0v) is 20.5. The maximum atomic E-state index is 12.7. The van der Waals surface area contributed by atoms with Crippen molar-refractivity contribution in [3.63, 3.8) is 0 Å². The Hall–Kier alpha value is -4.77. The molecule has 3 aromatic carbocycles. The number of methoxy groups -OCH3 is 2. The molecule has 36 heavy (non-hydrogen) atoms. The second kappa shape index (κ2) is 12.1. The molecule has 0 atom stereocenters. The topological polar surface area (TPSA) is 110 Å². The molecular formula is C28H27N3O5. The molecule has 0 aliphatic heterocycles. The standard InChI is InChI=1S/C28H27N3O5/c1-18-5-11-24(19(2)13-18)31-28(33)21(16-29)14-20-6-12-25(26(15-20)35-4)36-17-27(32)30-22-7-9-23(34-3)10-8-22/h5-15H,17H2,1-4H3,(H,30,32)(H,31,33). The molecule has 2 N–H and O–H groups in total. The van der Waals surface area contributed by atoms with Crippen LogP contribution in [0.1, 0.15) is 16.7 Å². The van der Waals surface area contributed by atoms with Crippen LogP contribution in [0.3, 0.4) is 0 Å². The van der Waals surface area contributed by atoms with E-state index >= 15 is 0 Å². The number of rotatable bonds is 9. The van der Waals surface area contributed by atoms with Crippen molar-refractivity contribution in [2.75, 3.05) is 31.5 Å². The summed E-state index contributed by atoms with van der Waals surface area (Å²) in [7, 11) is 3.03. The summed E-state index contributed by atoms with van der Waals surface area (Å²) < 4.78 is 16.1. The largest absolute Gasteiger partial charge is 0.497 e. The molecule has 0 aromatic heterocycles. The molecule has 0 aliphatic rings. The van der Waals surface area contributed by atoms with E-state index in [2.05, 4.69) is 10.6 Å². The molecule has 0 radical (unpaired) electrons. The van der Waals surface area contributed by atoms with Crippen molar-refractivity contribution in [1.29, 1.82) is 5.26 Å². The van der Waals surface area contributed by atoms with Gasteiger partial charge in [0.05, 0.1) is 14.2 Å². The highest BCUT2D eigenvalue weighted by molar-refractivity contribution is 6.10. The van der Waals surface area contributed by atoms with Gasteiger partial charge in [-0.15, -0.1) is 0 Å². The van der Waals surface area contributed by atoms with Gasteiger partial charge < -0.3 is 24.8 Å². The van der Waals surface area contributed by atoms with Crippen molar-refractivity contribution in [1.82, 2.24) is 0 Å². The summed E-state index contributed by atoms with van der Waals surface area (Å²) in [5, 5.41) is 15.0. The molecule has 3 rings (SSSR count). The minimum atomic E-state index is -0.515. The predicted molar refractivity (Wildman–Crippen MR) is 138 cm³/mol. The number of benzene rings is 3. The number of aryl methyl sites for hydroxylation is 2. The fraction of sp³-hybridized carbons (Fsp3) is 0.179. The number of anilines is 2. The van der Waals surface area contributed by atoms with Crippen LogP contribution < -0.4 is 24.8 Å². The molecule has 0 fully saturated rings. The van der Waals surface area contributed by atoms with Crippen LogP contribution in [0.15, 0.2) is 66.2 Å². The Labute approximate surface area is 210 Å². The third-order valence-corrected chi connectivity index (χ3v) is 5.23. The summed E-state index contributed by atoms with van der Waals surface area (Å²) in [6.45, 7) is 3.62. The summed E-state index contributed by atoms with van der Waals surface area (Å²) in [5.41, 5.74) is 3.73. The Kier molecular flexibility index (Phi) is 8.68. The fourth-order valence-electron chi connectivity index (χ4n) is 3.37. The van der Waals surface area contributed by atoms with E-state index in [0.29, 0.717) is 34.2 Å². The second-order valence-electron chi connectivity index (χ2n) is 7.92. The quantitative estimate of drug-likeness (QED) is 0.330. The van der Waals surface area contributed by atoms with Crippen LogP contribution in [0.4, 0.5) is 11.4 Å². The van der Waals surface area contributed by atoms with Crippen molar-refractivity contribution in [3.8, 4) is 23.3 Å². The van der Waals surface area contributed by atoms with Crippen LogP contribution >= 0.6 is 0 Å². The minimum absolute atomic E-state index is 0.0652. The van der Waals surface area contributed by atoms with Crippen LogP contribution in [0, 0.1) is 25.2 Å². The first-order valence-corrected chi connectivity index (χ1v) is 11.1. The number of ether oxygens (including phenoxy) is 3. The van der Waals surface area contributed by atoms with Crippen molar-refractivity contribution in [2.24, 2.45) is 0 Å². The number of hydrogen-bond donors (Lipinski definition) is 2. The lowest BCUT2D eigenvalue weighted by Gasteiger charge is -2.12. The zero-order valence-electron chi connectivity index (χ0n) is 20.5. The van der Waals surface area contributed by atoms with E-state index in [1.807, 2.05) is 32.0 Å². The Morgan fingerprint density at radius 3 is 2.31 bits per heavy atom. The lowest BCUT2D eigenvalue weighted by molar-refractivity contribution is -0.118. The van der Waals surface area contributed by atoms with E-state index in [1.54, 1.807) is 55.6 Å². The summed E-state index contributed by atoms with van der Waals surface area (Å²) in [5.74, 6) is 0.524. The van der Waals surface area contributed by atoms with Crippen molar-refractivity contribution < 1.29 is 23.8 Å². The van der Waals surface area contributed by atoms with E-state index in [-0.39, 0.29) is 18.1 Å². The van der Waals surface area contributed by atoms with E-state index in [9.17, 15) is 14.9 Å². The monoisotopic (exact) mass is 485 g/mol. The summed E-state index contributed by atoms with van der Waals surface area (Å²) in [6.07, 6.45) is 1.46. The van der Waals surface area contributed by atoms with Crippen molar-refractivity contribution in [3.05, 3.63) is 82.9 Å². The highest BCUT2D eigenvalue weighted by atomic mass is 16.5. The number of nitriles is 1. The molecule has 0 bridgehead atoms. The van der Waals surface area contributed by atoms with Gasteiger partial charge in [-0.3, -0.25) is 9.59 Å². The molecule has 0 saturated carbocycles. The van der Waals surface area contributed by atoms with E-state index in [4.69, 9.17) is 14.2 Å². The minimum Gasteiger partial charge on any atom is -0.497 e. The van der Waals surface area contributed by atoms with Crippen molar-refractivity contribution in [2.45, 2.75) is 13.8 Å². The predicted octanol–water partition coefficient (Wildman–Crippen LogP) is 4.88. The number of nitrogens with one attached hydrogen (secondary N) is 2. The number of nitrogens with zero attached hydrogens (tertiary/aromatic N) is 1. The maximum Gasteiger partial charge on any atom is 0.266 e. The van der Waals surface area contributed by atoms with E-state index in [0.717, 1.165) is 11.1 Å². The van der Waals surface area contributed by atoms with Gasteiger partial charge in [-0.1, -0.05) is 23.8 Å². The molecule has 0 unspecified atom stereocenters. The highest BCUT2D eigenvalue weighted by Crippen LogP contribution is 2.29. The van der Waals surface area contributed by atoms with Crippen LogP contribution in [0.25, 0.3) is 6.08 Å². The molecule has 184 valence electrons. The lowest BCUT2D eigenvalue weighted by Crippen LogP contribution is -2.20. The number of amides is 2. The van der Waals surface area contributed by atoms with E-state index in [1.165, 1.54) is 13.2 Å². The second-order valence-corrected chi connectivity index (χ2v) is 7.92. The summed E-state index contributed by atoms with van der Waals surface area (Å²) in [4.78, 5) is 24.9. The number of carbonyl (C=O) groups excluding carboxylic acids is 2. The average molecular weight is 486 g/mol. The molecule has 3 aromatic rings. The van der Waals surface area contributed by atoms with Gasteiger partial charge in [-0.25, -0.2) is 0 Å². The average Bonchev–Trinajstić information content (AvgIpc) is 2.88. The molecule has 0 saturated heterocycles. The first kappa shape index (κ1) is 25.8. The summed E-state index contributed by atoms with van der Waals surface area (Å²) in [6, 6.07) is 19.4. The Morgan fingerprint density at radius 2 is 1.67 bits per heavy atom. The van der Waals surface area contributed by atoms with Gasteiger partial charge in [0.2, 0.25) is 0 Å². The van der Waals surface area contributed by atoms with Crippen LogP contribution in [-0.2, 0) is 9.59 Å². The van der Waals surface area contributed by atoms with Gasteiger partial charge in [-0.05, 0) is 73.5 Å². The van der Waals surface area contributed by atoms with Crippen LogP contribution in [0.5, 0.6) is 17.2 Å². The molecule has 2 amide bonds. The molecule has 0 heterocycles. The van der Waals surface area contributed by atoms with Gasteiger partial charge in [0.1, 0.15) is 17.4 Å². The molecule has 0 spiro atoms. The van der Waals surface area contributed by atoms with Gasteiger partial charge in [0.15, 0.2) is 18.1 Å². The first-order chi connectivity index (χ1) is 17.3.